The Kier molecular flexibility index (Phi) is 5.86. The van der Waals surface area contributed by atoms with Crippen molar-refractivity contribution in [2.24, 2.45) is 5.41 Å². The first-order chi connectivity index (χ1) is 14.7. The summed E-state index contributed by atoms with van der Waals surface area (Å²) in [5, 5.41) is 10.6. The molecule has 1 fully saturated rings. The van der Waals surface area contributed by atoms with Crippen molar-refractivity contribution >= 4 is 0 Å². The monoisotopic (exact) mass is 429 g/mol. The van der Waals surface area contributed by atoms with Crippen LogP contribution in [0.5, 0.6) is 5.75 Å². The summed E-state index contributed by atoms with van der Waals surface area (Å²) in [5.74, 6) is -0.752. The molecule has 1 aliphatic carbocycles. The number of benzene rings is 2. The van der Waals surface area contributed by atoms with Gasteiger partial charge in [-0.1, -0.05) is 45.9 Å². The third-order valence-corrected chi connectivity index (χ3v) is 8.16. The van der Waals surface area contributed by atoms with E-state index in [1.54, 1.807) is 6.07 Å². The van der Waals surface area contributed by atoms with Crippen molar-refractivity contribution in [2.45, 2.75) is 71.1 Å². The van der Waals surface area contributed by atoms with Crippen LogP contribution in [0.3, 0.4) is 0 Å². The van der Waals surface area contributed by atoms with Crippen LogP contribution in [0.2, 0.25) is 0 Å². The minimum Gasteiger partial charge on any atom is -0.508 e. The zero-order valence-electron chi connectivity index (χ0n) is 18.9. The van der Waals surface area contributed by atoms with Gasteiger partial charge in [-0.15, -0.1) is 0 Å². The van der Waals surface area contributed by atoms with E-state index in [0.717, 1.165) is 31.4 Å². The van der Waals surface area contributed by atoms with E-state index in [-0.39, 0.29) is 35.1 Å². The molecule has 2 aromatic rings. The van der Waals surface area contributed by atoms with Crippen molar-refractivity contribution in [1.82, 2.24) is 4.90 Å². The number of ether oxygens (including phenoxy) is 1. The summed E-state index contributed by atoms with van der Waals surface area (Å²) < 4.78 is 34.0. The molecule has 0 saturated carbocycles. The second-order valence-corrected chi connectivity index (χ2v) is 9.86. The molecule has 1 N–H and O–H groups in total. The zero-order chi connectivity index (χ0) is 22.4. The molecule has 1 heterocycles. The normalized spacial score (nSPS) is 25.8. The fourth-order valence-corrected chi connectivity index (χ4v) is 5.69. The van der Waals surface area contributed by atoms with E-state index in [1.807, 2.05) is 13.0 Å². The molecule has 2 bridgehead atoms. The summed E-state index contributed by atoms with van der Waals surface area (Å²) in [7, 11) is 0. The predicted molar refractivity (Wildman–Crippen MR) is 118 cm³/mol. The zero-order valence-corrected chi connectivity index (χ0v) is 18.9. The Labute approximate surface area is 184 Å². The molecule has 3 unspecified atom stereocenters. The van der Waals surface area contributed by atoms with E-state index in [2.05, 4.69) is 31.7 Å². The van der Waals surface area contributed by atoms with Gasteiger partial charge in [0.2, 0.25) is 0 Å². The number of likely N-dealkylation sites (tertiary alicyclic amines) is 1. The van der Waals surface area contributed by atoms with E-state index in [1.165, 1.54) is 23.8 Å². The highest BCUT2D eigenvalue weighted by Crippen LogP contribution is 2.57. The summed E-state index contributed by atoms with van der Waals surface area (Å²) >= 11 is 0. The Balaban J connectivity index is 1.54. The number of phenolic OH excluding ortho intramolecular Hbond substituents is 1. The second kappa shape index (κ2) is 8.18. The summed E-state index contributed by atoms with van der Waals surface area (Å²) in [5.41, 5.74) is 2.32. The molecule has 2 aliphatic rings. The standard InChI is InChI=1S/C26H33F2NO2/c1-5-17(31-16-19-21(27)9-7-10-22(19)28)15-29-13-12-26(4)20-8-6-11-23(30)18(20)14-24(29)25(26,2)3/h6-11,17,24,30H,5,12-16H2,1-4H3. The molecule has 4 rings (SSSR count). The molecule has 2 aromatic carbocycles. The van der Waals surface area contributed by atoms with E-state index in [9.17, 15) is 13.9 Å². The van der Waals surface area contributed by atoms with Crippen LogP contribution in [0, 0.1) is 17.0 Å². The number of rotatable bonds is 6. The van der Waals surface area contributed by atoms with Crippen LogP contribution in [0.1, 0.15) is 57.2 Å². The average molecular weight is 430 g/mol. The van der Waals surface area contributed by atoms with Crippen LogP contribution in [0.4, 0.5) is 8.78 Å². The number of nitrogens with zero attached hydrogens (tertiary/aromatic N) is 1. The lowest BCUT2D eigenvalue weighted by molar-refractivity contribution is -0.0698. The number of hydrogen-bond acceptors (Lipinski definition) is 3. The molecule has 168 valence electrons. The van der Waals surface area contributed by atoms with Gasteiger partial charge in [-0.3, -0.25) is 4.90 Å². The number of fused-ring (bicyclic) bond motifs is 4. The van der Waals surface area contributed by atoms with Gasteiger partial charge in [0, 0.05) is 23.6 Å². The fraction of sp³-hybridized carbons (Fsp3) is 0.538. The molecular weight excluding hydrogens is 396 g/mol. The van der Waals surface area contributed by atoms with Gasteiger partial charge in [-0.2, -0.15) is 0 Å². The SMILES string of the molecule is CCC(CN1CCC2(C)c3cccc(O)c3CC1C2(C)C)OCc1c(F)cccc1F. The number of piperidine rings is 1. The van der Waals surface area contributed by atoms with Crippen molar-refractivity contribution in [3.8, 4) is 5.75 Å². The molecule has 0 aromatic heterocycles. The topological polar surface area (TPSA) is 32.7 Å². The van der Waals surface area contributed by atoms with Crippen LogP contribution < -0.4 is 0 Å². The lowest BCUT2D eigenvalue weighted by Gasteiger charge is -2.61. The van der Waals surface area contributed by atoms with E-state index in [0.29, 0.717) is 12.3 Å². The molecule has 3 nitrogen and oxygen atoms in total. The quantitative estimate of drug-likeness (QED) is 0.651. The molecule has 0 amide bonds. The van der Waals surface area contributed by atoms with E-state index >= 15 is 0 Å². The van der Waals surface area contributed by atoms with Gasteiger partial charge in [0.25, 0.3) is 0 Å². The molecule has 0 radical (unpaired) electrons. The maximum atomic E-state index is 14.0. The van der Waals surface area contributed by atoms with Gasteiger partial charge in [-0.25, -0.2) is 8.78 Å². The Bertz CT molecular complexity index is 940. The first-order valence-corrected chi connectivity index (χ1v) is 11.3. The van der Waals surface area contributed by atoms with Gasteiger partial charge in [0.05, 0.1) is 12.7 Å². The molecule has 1 saturated heterocycles. The van der Waals surface area contributed by atoms with Crippen LogP contribution in [-0.4, -0.2) is 35.2 Å². The van der Waals surface area contributed by atoms with E-state index < -0.39 is 11.6 Å². The van der Waals surface area contributed by atoms with Gasteiger partial charge in [0.15, 0.2) is 0 Å². The number of halogens is 2. The van der Waals surface area contributed by atoms with Crippen molar-refractivity contribution in [3.63, 3.8) is 0 Å². The molecule has 0 spiro atoms. The van der Waals surface area contributed by atoms with Crippen molar-refractivity contribution in [3.05, 3.63) is 64.7 Å². The van der Waals surface area contributed by atoms with Gasteiger partial charge >= 0.3 is 0 Å². The van der Waals surface area contributed by atoms with Crippen molar-refractivity contribution in [2.75, 3.05) is 13.1 Å². The highest BCUT2D eigenvalue weighted by molar-refractivity contribution is 5.48. The Morgan fingerprint density at radius 3 is 2.48 bits per heavy atom. The van der Waals surface area contributed by atoms with Crippen LogP contribution in [0.15, 0.2) is 36.4 Å². The van der Waals surface area contributed by atoms with Crippen molar-refractivity contribution < 1.29 is 18.6 Å². The van der Waals surface area contributed by atoms with E-state index in [4.69, 9.17) is 4.74 Å². The Hall–Kier alpha value is -1.98. The highest BCUT2D eigenvalue weighted by Gasteiger charge is 2.56. The summed E-state index contributed by atoms with van der Waals surface area (Å²) in [6, 6.07) is 10.1. The highest BCUT2D eigenvalue weighted by atomic mass is 19.1. The first-order valence-electron chi connectivity index (χ1n) is 11.3. The number of hydrogen-bond donors (Lipinski definition) is 1. The molecule has 1 aliphatic heterocycles. The number of phenols is 1. The smallest absolute Gasteiger partial charge is 0.131 e. The third-order valence-electron chi connectivity index (χ3n) is 8.16. The molecule has 3 atom stereocenters. The van der Waals surface area contributed by atoms with Crippen LogP contribution >= 0.6 is 0 Å². The largest absolute Gasteiger partial charge is 0.508 e. The summed E-state index contributed by atoms with van der Waals surface area (Å²) in [6.07, 6.45) is 2.43. The first kappa shape index (κ1) is 22.2. The van der Waals surface area contributed by atoms with Gasteiger partial charge < -0.3 is 9.84 Å². The second-order valence-electron chi connectivity index (χ2n) is 9.86. The fourth-order valence-electron chi connectivity index (χ4n) is 5.69. The number of aromatic hydroxyl groups is 1. The lowest BCUT2D eigenvalue weighted by atomic mass is 9.51. The Morgan fingerprint density at radius 1 is 1.13 bits per heavy atom. The third kappa shape index (κ3) is 3.66. The Morgan fingerprint density at radius 2 is 1.81 bits per heavy atom. The van der Waals surface area contributed by atoms with Gasteiger partial charge in [-0.05, 0) is 60.5 Å². The van der Waals surface area contributed by atoms with Crippen molar-refractivity contribution in [1.29, 1.82) is 0 Å². The molecule has 31 heavy (non-hydrogen) atoms. The lowest BCUT2D eigenvalue weighted by Crippen LogP contribution is -2.64. The average Bonchev–Trinajstić information content (AvgIpc) is 2.71. The maximum Gasteiger partial charge on any atom is 0.131 e. The minimum absolute atomic E-state index is 0.0102. The van der Waals surface area contributed by atoms with Crippen LogP contribution in [-0.2, 0) is 23.2 Å². The summed E-state index contributed by atoms with van der Waals surface area (Å²) in [6.45, 7) is 10.6. The maximum absolute atomic E-state index is 14.0. The minimum atomic E-state index is -0.566. The predicted octanol–water partition coefficient (Wildman–Crippen LogP) is 5.58. The molecule has 5 heteroatoms. The molecular formula is C26H33F2NO2. The summed E-state index contributed by atoms with van der Waals surface area (Å²) in [4.78, 5) is 2.46. The van der Waals surface area contributed by atoms with Gasteiger partial charge in [0.1, 0.15) is 17.4 Å². The van der Waals surface area contributed by atoms with Crippen LogP contribution in [0.25, 0.3) is 0 Å².